The predicted molar refractivity (Wildman–Crippen MR) is 52.5 cm³/mol. The molecule has 0 aromatic carbocycles. The molecule has 5 heteroatoms. The van der Waals surface area contributed by atoms with Gasteiger partial charge in [-0.15, -0.1) is 0 Å². The normalized spacial score (nSPS) is 26.4. The van der Waals surface area contributed by atoms with Gasteiger partial charge in [0.05, 0.1) is 18.6 Å². The van der Waals surface area contributed by atoms with Crippen molar-refractivity contribution >= 4 is 11.8 Å². The van der Waals surface area contributed by atoms with Crippen LogP contribution in [0, 0.1) is 11.8 Å². The topological polar surface area (TPSA) is 66.1 Å². The number of carbonyl (C=O) groups excluding carboxylic acids is 2. The molecule has 2 rings (SSSR count). The lowest BCUT2D eigenvalue weighted by atomic mass is 10.00. The number of likely N-dealkylation sites (tertiary alicyclic amines) is 1. The highest BCUT2D eigenvalue weighted by atomic mass is 16.2. The Balaban J connectivity index is 2.16. The molecule has 0 aliphatic carbocycles. The van der Waals surface area contributed by atoms with Crippen molar-refractivity contribution in [2.24, 2.45) is 11.8 Å². The summed E-state index contributed by atoms with van der Waals surface area (Å²) >= 11 is 0. The van der Waals surface area contributed by atoms with Gasteiger partial charge in [-0.05, 0) is 0 Å². The maximum atomic E-state index is 11.7. The van der Waals surface area contributed by atoms with Crippen molar-refractivity contribution in [3.05, 3.63) is 18.2 Å². The number of carbonyl (C=O) groups is 2. The zero-order valence-electron chi connectivity index (χ0n) is 8.73. The highest BCUT2D eigenvalue weighted by molar-refractivity contribution is 6.04. The van der Waals surface area contributed by atoms with Crippen molar-refractivity contribution in [2.45, 2.75) is 20.4 Å². The van der Waals surface area contributed by atoms with Crippen LogP contribution in [-0.2, 0) is 16.1 Å². The third-order valence-corrected chi connectivity index (χ3v) is 2.94. The number of nitrogens with zero attached hydrogens (tertiary/aromatic N) is 2. The van der Waals surface area contributed by atoms with Crippen LogP contribution in [0.3, 0.4) is 0 Å². The summed E-state index contributed by atoms with van der Waals surface area (Å²) in [7, 11) is 0. The van der Waals surface area contributed by atoms with E-state index >= 15 is 0 Å². The van der Waals surface area contributed by atoms with E-state index in [0.29, 0.717) is 6.54 Å². The molecule has 2 heterocycles. The number of imide groups is 1. The molecule has 80 valence electrons. The van der Waals surface area contributed by atoms with Crippen LogP contribution in [0.2, 0.25) is 0 Å². The minimum atomic E-state index is -0.208. The number of hydrogen-bond donors (Lipinski definition) is 1. The minimum Gasteiger partial charge on any atom is -0.347 e. The van der Waals surface area contributed by atoms with Gasteiger partial charge in [0, 0.05) is 18.0 Å². The molecular weight excluding hydrogens is 194 g/mol. The van der Waals surface area contributed by atoms with Gasteiger partial charge in [-0.25, -0.2) is 4.98 Å². The first-order valence-corrected chi connectivity index (χ1v) is 4.93. The average molecular weight is 207 g/mol. The van der Waals surface area contributed by atoms with Crippen LogP contribution in [0.4, 0.5) is 0 Å². The van der Waals surface area contributed by atoms with E-state index in [1.165, 1.54) is 11.2 Å². The van der Waals surface area contributed by atoms with Gasteiger partial charge in [-0.2, -0.15) is 0 Å². The van der Waals surface area contributed by atoms with Crippen LogP contribution in [0.1, 0.15) is 19.5 Å². The van der Waals surface area contributed by atoms with Crippen molar-refractivity contribution < 1.29 is 9.59 Å². The van der Waals surface area contributed by atoms with Crippen LogP contribution in [0.15, 0.2) is 12.5 Å². The summed E-state index contributed by atoms with van der Waals surface area (Å²) in [5, 5.41) is 0. The van der Waals surface area contributed by atoms with Crippen LogP contribution in [0.5, 0.6) is 0 Å². The van der Waals surface area contributed by atoms with Gasteiger partial charge in [0.2, 0.25) is 11.8 Å². The van der Waals surface area contributed by atoms with Crippen LogP contribution < -0.4 is 0 Å². The second-order valence-electron chi connectivity index (χ2n) is 3.92. The molecule has 1 fully saturated rings. The average Bonchev–Trinajstić information content (AvgIpc) is 2.79. The zero-order valence-corrected chi connectivity index (χ0v) is 8.73. The first-order valence-electron chi connectivity index (χ1n) is 4.93. The van der Waals surface area contributed by atoms with Gasteiger partial charge in [-0.1, -0.05) is 13.8 Å². The Kier molecular flexibility index (Phi) is 2.30. The molecule has 2 atom stereocenters. The van der Waals surface area contributed by atoms with Crippen LogP contribution in [-0.4, -0.2) is 26.7 Å². The van der Waals surface area contributed by atoms with E-state index in [1.807, 2.05) is 0 Å². The summed E-state index contributed by atoms with van der Waals surface area (Å²) in [4.78, 5) is 31.5. The van der Waals surface area contributed by atoms with Crippen molar-refractivity contribution in [1.29, 1.82) is 0 Å². The fourth-order valence-electron chi connectivity index (χ4n) is 1.73. The van der Waals surface area contributed by atoms with E-state index in [2.05, 4.69) is 9.97 Å². The van der Waals surface area contributed by atoms with Gasteiger partial charge in [-0.3, -0.25) is 14.5 Å². The van der Waals surface area contributed by atoms with E-state index in [4.69, 9.17) is 0 Å². The lowest BCUT2D eigenvalue weighted by Crippen LogP contribution is -2.30. The molecule has 1 N–H and O–H groups in total. The number of hydrogen-bond acceptors (Lipinski definition) is 3. The largest absolute Gasteiger partial charge is 0.347 e. The molecular formula is C10H13N3O2. The third kappa shape index (κ3) is 1.54. The van der Waals surface area contributed by atoms with Crippen LogP contribution >= 0.6 is 0 Å². The fraction of sp³-hybridized carbons (Fsp3) is 0.500. The summed E-state index contributed by atoms with van der Waals surface area (Å²) in [5.74, 6) is -0.606. The van der Waals surface area contributed by atoms with Gasteiger partial charge >= 0.3 is 0 Å². The molecule has 15 heavy (non-hydrogen) atoms. The number of H-pyrrole nitrogens is 1. The Morgan fingerprint density at radius 2 is 1.93 bits per heavy atom. The monoisotopic (exact) mass is 207 g/mol. The van der Waals surface area contributed by atoms with Gasteiger partial charge in [0.25, 0.3) is 0 Å². The van der Waals surface area contributed by atoms with Gasteiger partial charge < -0.3 is 4.98 Å². The molecule has 1 saturated heterocycles. The van der Waals surface area contributed by atoms with E-state index in [1.54, 1.807) is 20.0 Å². The number of imidazole rings is 1. The van der Waals surface area contributed by atoms with Crippen molar-refractivity contribution in [3.63, 3.8) is 0 Å². The third-order valence-electron chi connectivity index (χ3n) is 2.94. The van der Waals surface area contributed by atoms with Crippen LogP contribution in [0.25, 0.3) is 0 Å². The predicted octanol–water partition coefficient (Wildman–Crippen LogP) is 0.551. The fourth-order valence-corrected chi connectivity index (χ4v) is 1.73. The number of amides is 2. The Morgan fingerprint density at radius 3 is 2.40 bits per heavy atom. The molecule has 0 spiro atoms. The van der Waals surface area contributed by atoms with E-state index in [0.717, 1.165) is 5.69 Å². The first kappa shape index (κ1) is 9.89. The van der Waals surface area contributed by atoms with Gasteiger partial charge in [0.1, 0.15) is 0 Å². The Labute approximate surface area is 87.5 Å². The summed E-state index contributed by atoms with van der Waals surface area (Å²) in [6.45, 7) is 3.88. The molecule has 1 aromatic rings. The molecule has 2 unspecified atom stereocenters. The molecule has 1 aliphatic rings. The number of rotatable bonds is 2. The van der Waals surface area contributed by atoms with Crippen molar-refractivity contribution in [2.75, 3.05) is 0 Å². The maximum absolute atomic E-state index is 11.7. The van der Waals surface area contributed by atoms with E-state index < -0.39 is 0 Å². The summed E-state index contributed by atoms with van der Waals surface area (Å²) < 4.78 is 0. The molecule has 0 saturated carbocycles. The number of nitrogens with one attached hydrogen (secondary N) is 1. The minimum absolute atomic E-state index is 0.0953. The Bertz CT molecular complexity index is 365. The lowest BCUT2D eigenvalue weighted by Gasteiger charge is -2.12. The zero-order chi connectivity index (χ0) is 11.0. The SMILES string of the molecule is CC1C(=O)N(Cc2cnc[nH]2)C(=O)C1C. The molecule has 5 nitrogen and oxygen atoms in total. The molecule has 0 bridgehead atoms. The standard InChI is InChI=1S/C10H13N3O2/c1-6-7(2)10(15)13(9(6)14)4-8-3-11-5-12-8/h3,5-7H,4H2,1-2H3,(H,11,12). The highest BCUT2D eigenvalue weighted by Gasteiger charge is 2.42. The van der Waals surface area contributed by atoms with Crippen molar-refractivity contribution in [1.82, 2.24) is 14.9 Å². The summed E-state index contributed by atoms with van der Waals surface area (Å²) in [6, 6.07) is 0. The highest BCUT2D eigenvalue weighted by Crippen LogP contribution is 2.26. The Morgan fingerprint density at radius 1 is 1.33 bits per heavy atom. The van der Waals surface area contributed by atoms with E-state index in [9.17, 15) is 9.59 Å². The smallest absolute Gasteiger partial charge is 0.233 e. The molecule has 2 amide bonds. The quantitative estimate of drug-likeness (QED) is 0.720. The maximum Gasteiger partial charge on any atom is 0.233 e. The first-order chi connectivity index (χ1) is 7.11. The summed E-state index contributed by atoms with van der Waals surface area (Å²) in [5.41, 5.74) is 0.776. The molecule has 0 radical (unpaired) electrons. The number of aromatic nitrogens is 2. The van der Waals surface area contributed by atoms with Crippen molar-refractivity contribution in [3.8, 4) is 0 Å². The molecule has 1 aromatic heterocycles. The Hall–Kier alpha value is -1.65. The lowest BCUT2D eigenvalue weighted by molar-refractivity contribution is -0.140. The second-order valence-corrected chi connectivity index (χ2v) is 3.92. The van der Waals surface area contributed by atoms with E-state index in [-0.39, 0.29) is 23.7 Å². The summed E-state index contributed by atoms with van der Waals surface area (Å²) in [6.07, 6.45) is 3.15. The second kappa shape index (κ2) is 3.49. The van der Waals surface area contributed by atoms with Gasteiger partial charge in [0.15, 0.2) is 0 Å². The molecule has 1 aliphatic heterocycles. The number of aromatic amines is 1.